The molecule has 1 aromatic carbocycles. The minimum Gasteiger partial charge on any atom is -0.376 e. The van der Waals surface area contributed by atoms with E-state index in [1.165, 1.54) is 23.8 Å². The van der Waals surface area contributed by atoms with E-state index < -0.39 is 0 Å². The summed E-state index contributed by atoms with van der Waals surface area (Å²) >= 11 is 0. The first kappa shape index (κ1) is 26.0. The smallest absolute Gasteiger partial charge is 0.193 e. The van der Waals surface area contributed by atoms with E-state index in [-0.39, 0.29) is 24.0 Å². The number of guanidine groups is 1. The van der Waals surface area contributed by atoms with Crippen LogP contribution in [0.15, 0.2) is 35.3 Å². The van der Waals surface area contributed by atoms with Gasteiger partial charge in [-0.1, -0.05) is 18.2 Å². The number of likely N-dealkylation sites (tertiary alicyclic amines) is 1. The Bertz CT molecular complexity index is 909. The van der Waals surface area contributed by atoms with E-state index in [0.29, 0.717) is 18.8 Å². The fourth-order valence-electron chi connectivity index (χ4n) is 4.53. The predicted octanol–water partition coefficient (Wildman–Crippen LogP) is 4.04. The molecule has 0 aliphatic carbocycles. The van der Waals surface area contributed by atoms with Gasteiger partial charge in [0.05, 0.1) is 24.3 Å². The number of halogens is 1. The average molecular weight is 568 g/mol. The van der Waals surface area contributed by atoms with Gasteiger partial charge in [0, 0.05) is 52.8 Å². The molecule has 4 rings (SSSR count). The van der Waals surface area contributed by atoms with E-state index in [0.717, 1.165) is 62.9 Å². The average Bonchev–Trinajstić information content (AvgIpc) is 2.84. The molecular weight excluding hydrogens is 529 g/mol. The summed E-state index contributed by atoms with van der Waals surface area (Å²) in [7, 11) is 5.92. The van der Waals surface area contributed by atoms with Crippen LogP contribution in [0.25, 0.3) is 10.9 Å². The quantitative estimate of drug-likeness (QED) is 0.323. The Morgan fingerprint density at radius 3 is 2.70 bits per heavy atom. The van der Waals surface area contributed by atoms with Crippen molar-refractivity contribution in [3.63, 3.8) is 0 Å². The molecule has 0 spiro atoms. The number of hydrogen-bond donors (Lipinski definition) is 1. The van der Waals surface area contributed by atoms with Crippen LogP contribution in [0.4, 0.5) is 5.82 Å². The lowest BCUT2D eigenvalue weighted by atomic mass is 10.1. The molecule has 7 nitrogen and oxygen atoms in total. The number of ether oxygens (including phenoxy) is 2. The lowest BCUT2D eigenvalue weighted by molar-refractivity contribution is -0.0721. The molecule has 0 saturated carbocycles. The van der Waals surface area contributed by atoms with Crippen LogP contribution in [-0.2, 0) is 16.0 Å². The van der Waals surface area contributed by atoms with E-state index in [9.17, 15) is 0 Å². The summed E-state index contributed by atoms with van der Waals surface area (Å²) < 4.78 is 12.0. The number of anilines is 1. The monoisotopic (exact) mass is 567 g/mol. The molecule has 2 aliphatic heterocycles. The van der Waals surface area contributed by atoms with Crippen molar-refractivity contribution in [2.45, 2.75) is 50.9 Å². The number of pyridine rings is 1. The van der Waals surface area contributed by atoms with Crippen molar-refractivity contribution < 1.29 is 9.47 Å². The Balaban J connectivity index is 0.00000306. The Morgan fingerprint density at radius 2 is 2.00 bits per heavy atom. The maximum Gasteiger partial charge on any atom is 0.193 e. The predicted molar refractivity (Wildman–Crippen MR) is 146 cm³/mol. The number of piperidine rings is 1. The number of nitrogens with one attached hydrogen (secondary N) is 1. The zero-order valence-corrected chi connectivity index (χ0v) is 22.5. The highest BCUT2D eigenvalue weighted by molar-refractivity contribution is 14.0. The van der Waals surface area contributed by atoms with Crippen molar-refractivity contribution in [2.75, 3.05) is 52.3 Å². The summed E-state index contributed by atoms with van der Waals surface area (Å²) in [5, 5.41) is 4.76. The third-order valence-corrected chi connectivity index (χ3v) is 6.43. The fraction of sp³-hybridized carbons (Fsp3) is 0.600. The summed E-state index contributed by atoms with van der Waals surface area (Å²) in [6, 6.07) is 10.5. The minimum atomic E-state index is 0. The summed E-state index contributed by atoms with van der Waals surface area (Å²) in [5.74, 6) is 1.92. The lowest BCUT2D eigenvalue weighted by Crippen LogP contribution is -2.47. The second-order valence-electron chi connectivity index (χ2n) is 8.96. The molecule has 2 fully saturated rings. The molecule has 2 saturated heterocycles. The number of aromatic nitrogens is 1. The summed E-state index contributed by atoms with van der Waals surface area (Å²) in [5.41, 5.74) is 2.25. The molecule has 33 heavy (non-hydrogen) atoms. The van der Waals surface area contributed by atoms with E-state index in [1.54, 1.807) is 0 Å². The zero-order chi connectivity index (χ0) is 22.3. The van der Waals surface area contributed by atoms with Crippen LogP contribution in [0.5, 0.6) is 0 Å². The molecule has 2 aliphatic rings. The summed E-state index contributed by atoms with van der Waals surface area (Å²) in [4.78, 5) is 13.7. The highest BCUT2D eigenvalue weighted by Gasteiger charge is 2.24. The second kappa shape index (κ2) is 12.7. The first-order valence-corrected chi connectivity index (χ1v) is 11.9. The molecule has 182 valence electrons. The van der Waals surface area contributed by atoms with E-state index in [2.05, 4.69) is 39.5 Å². The van der Waals surface area contributed by atoms with E-state index in [1.807, 2.05) is 32.1 Å². The Kier molecular flexibility index (Phi) is 10.0. The van der Waals surface area contributed by atoms with Gasteiger partial charge in [0.2, 0.25) is 0 Å². The Hall–Kier alpha value is -1.65. The highest BCUT2D eigenvalue weighted by atomic mass is 127. The van der Waals surface area contributed by atoms with Crippen molar-refractivity contribution in [3.8, 4) is 0 Å². The molecule has 2 aromatic rings. The number of para-hydroxylation sites is 1. The maximum atomic E-state index is 6.17. The highest BCUT2D eigenvalue weighted by Crippen LogP contribution is 2.22. The minimum absolute atomic E-state index is 0. The normalized spacial score (nSPS) is 19.9. The molecule has 1 unspecified atom stereocenters. The molecule has 1 atom stereocenters. The van der Waals surface area contributed by atoms with Crippen LogP contribution in [0.1, 0.15) is 37.7 Å². The third kappa shape index (κ3) is 6.93. The second-order valence-corrected chi connectivity index (χ2v) is 8.96. The summed E-state index contributed by atoms with van der Waals surface area (Å²) in [6.45, 7) is 4.25. The van der Waals surface area contributed by atoms with Crippen LogP contribution in [-0.4, -0.2) is 75.5 Å². The number of benzene rings is 1. The number of fused-ring (bicyclic) bond motifs is 1. The number of nitrogens with zero attached hydrogens (tertiary/aromatic N) is 4. The van der Waals surface area contributed by atoms with Crippen molar-refractivity contribution in [2.24, 2.45) is 4.99 Å². The number of hydrogen-bond acceptors (Lipinski definition) is 5. The number of rotatable bonds is 6. The van der Waals surface area contributed by atoms with Crippen molar-refractivity contribution >= 4 is 46.7 Å². The van der Waals surface area contributed by atoms with Crippen LogP contribution in [0.2, 0.25) is 0 Å². The number of aliphatic imine (C=N–C) groups is 1. The Morgan fingerprint density at radius 1 is 1.21 bits per heavy atom. The van der Waals surface area contributed by atoms with Gasteiger partial charge in [-0.3, -0.25) is 4.99 Å². The molecule has 0 radical (unpaired) electrons. The molecule has 0 amide bonds. The van der Waals surface area contributed by atoms with Gasteiger partial charge >= 0.3 is 0 Å². The third-order valence-electron chi connectivity index (χ3n) is 6.43. The van der Waals surface area contributed by atoms with Crippen LogP contribution < -0.4 is 10.2 Å². The van der Waals surface area contributed by atoms with Gasteiger partial charge in [-0.15, -0.1) is 24.0 Å². The van der Waals surface area contributed by atoms with Crippen molar-refractivity contribution in [1.82, 2.24) is 15.2 Å². The van der Waals surface area contributed by atoms with Crippen molar-refractivity contribution in [3.05, 3.63) is 35.9 Å². The van der Waals surface area contributed by atoms with E-state index >= 15 is 0 Å². The van der Waals surface area contributed by atoms with Gasteiger partial charge in [0.1, 0.15) is 5.82 Å². The van der Waals surface area contributed by atoms with Gasteiger partial charge in [0.25, 0.3) is 0 Å². The Labute approximate surface area is 214 Å². The van der Waals surface area contributed by atoms with Crippen LogP contribution in [0, 0.1) is 0 Å². The maximum absolute atomic E-state index is 6.17. The summed E-state index contributed by atoms with van der Waals surface area (Å²) in [6.07, 6.45) is 6.24. The van der Waals surface area contributed by atoms with E-state index in [4.69, 9.17) is 14.5 Å². The molecule has 3 heterocycles. The van der Waals surface area contributed by atoms with Gasteiger partial charge in [-0.25, -0.2) is 4.98 Å². The fourth-order valence-corrected chi connectivity index (χ4v) is 4.53. The van der Waals surface area contributed by atoms with Gasteiger partial charge in [-0.05, 0) is 49.8 Å². The van der Waals surface area contributed by atoms with Crippen molar-refractivity contribution in [1.29, 1.82) is 0 Å². The molecule has 0 bridgehead atoms. The zero-order valence-electron chi connectivity index (χ0n) is 20.1. The topological polar surface area (TPSA) is 62.2 Å². The first-order chi connectivity index (χ1) is 15.6. The molecule has 8 heteroatoms. The molecule has 1 aromatic heterocycles. The van der Waals surface area contributed by atoms with Crippen LogP contribution in [0.3, 0.4) is 0 Å². The molecule has 1 N–H and O–H groups in total. The largest absolute Gasteiger partial charge is 0.376 e. The van der Waals surface area contributed by atoms with Crippen LogP contribution >= 0.6 is 24.0 Å². The van der Waals surface area contributed by atoms with Gasteiger partial charge < -0.3 is 24.6 Å². The first-order valence-electron chi connectivity index (χ1n) is 11.9. The van der Waals surface area contributed by atoms with Gasteiger partial charge in [-0.2, -0.15) is 0 Å². The standard InChI is InChI=1S/C25H37N5O2.HI/c1-26-25(30-13-11-20(12-14-30)32-18-21-8-6-7-15-31-21)27-17-19-16-24(29(2)3)28-23-10-5-4-9-22(19)23;/h4-5,9-10,16,20-21H,6-8,11-15,17-18H2,1-3H3,(H,26,27);1H. The molecular formula is C25H38IN5O2. The SMILES string of the molecule is CN=C(NCc1cc(N(C)C)nc2ccccc12)N1CCC(OCC2CCCCO2)CC1.I. The van der Waals surface area contributed by atoms with Gasteiger partial charge in [0.15, 0.2) is 5.96 Å². The lowest BCUT2D eigenvalue weighted by Gasteiger charge is -2.35.